The molecule has 0 spiro atoms. The van der Waals surface area contributed by atoms with Crippen LogP contribution in [-0.4, -0.2) is 28.7 Å². The minimum atomic E-state index is -0.478. The fraction of sp³-hybridized carbons (Fsp3) is 0.231. The van der Waals surface area contributed by atoms with Crippen LogP contribution in [0.25, 0.3) is 0 Å². The molecule has 0 saturated carbocycles. The average molecular weight is 478 g/mol. The molecule has 0 saturated heterocycles. The Balaban J connectivity index is 1.88. The molecule has 174 valence electrons. The Morgan fingerprint density at radius 2 is 1.59 bits per heavy atom. The molecule has 0 fully saturated rings. The second kappa shape index (κ2) is 9.65. The van der Waals surface area contributed by atoms with Crippen LogP contribution in [0.2, 0.25) is 5.02 Å². The zero-order valence-corrected chi connectivity index (χ0v) is 19.8. The lowest BCUT2D eigenvalue weighted by Crippen LogP contribution is -2.40. The third-order valence-electron chi connectivity index (χ3n) is 5.80. The summed E-state index contributed by atoms with van der Waals surface area (Å²) in [6, 6.07) is 20.2. The summed E-state index contributed by atoms with van der Waals surface area (Å²) >= 11 is 6.12. The normalized spacial score (nSPS) is 17.6. The van der Waals surface area contributed by atoms with Gasteiger partial charge in [0.25, 0.3) is 5.69 Å². The number of amides is 1. The quantitative estimate of drug-likeness (QED) is 0.322. The Bertz CT molecular complexity index is 1220. The summed E-state index contributed by atoms with van der Waals surface area (Å²) in [6.45, 7) is 3.69. The van der Waals surface area contributed by atoms with E-state index in [0.717, 1.165) is 16.7 Å². The fourth-order valence-corrected chi connectivity index (χ4v) is 4.18. The molecule has 3 aromatic rings. The zero-order chi connectivity index (χ0) is 24.4. The van der Waals surface area contributed by atoms with Crippen molar-refractivity contribution in [3.8, 4) is 5.75 Å². The van der Waals surface area contributed by atoms with Crippen LogP contribution < -0.4 is 4.74 Å². The van der Waals surface area contributed by atoms with Crippen molar-refractivity contribution in [1.82, 2.24) is 4.90 Å². The number of rotatable bonds is 6. The maximum Gasteiger partial charge on any atom is 0.269 e. The van der Waals surface area contributed by atoms with Gasteiger partial charge in [0.15, 0.2) is 0 Å². The van der Waals surface area contributed by atoms with Crippen molar-refractivity contribution in [2.45, 2.75) is 25.9 Å². The van der Waals surface area contributed by atoms with Gasteiger partial charge in [-0.1, -0.05) is 49.7 Å². The van der Waals surface area contributed by atoms with E-state index < -0.39 is 17.0 Å². The molecule has 1 aliphatic heterocycles. The third-order valence-corrected chi connectivity index (χ3v) is 6.06. The molecule has 1 amide bonds. The van der Waals surface area contributed by atoms with E-state index >= 15 is 0 Å². The maximum atomic E-state index is 13.5. The van der Waals surface area contributed by atoms with Gasteiger partial charge in [-0.3, -0.25) is 24.8 Å². The molecule has 2 atom stereocenters. The van der Waals surface area contributed by atoms with Gasteiger partial charge < -0.3 is 4.74 Å². The van der Waals surface area contributed by atoms with Crippen LogP contribution in [0.3, 0.4) is 0 Å². The molecule has 34 heavy (non-hydrogen) atoms. The molecule has 7 nitrogen and oxygen atoms in total. The highest BCUT2D eigenvalue weighted by Gasteiger charge is 2.42. The number of halogens is 1. The van der Waals surface area contributed by atoms with Gasteiger partial charge in [0.2, 0.25) is 5.91 Å². The van der Waals surface area contributed by atoms with E-state index in [4.69, 9.17) is 21.3 Å². The fourth-order valence-electron chi connectivity index (χ4n) is 4.05. The number of carbonyl (C=O) groups is 1. The first-order valence-electron chi connectivity index (χ1n) is 10.8. The van der Waals surface area contributed by atoms with Gasteiger partial charge in [-0.05, 0) is 47.5 Å². The molecular weight excluding hydrogens is 454 g/mol. The minimum Gasteiger partial charge on any atom is -0.497 e. The van der Waals surface area contributed by atoms with E-state index in [9.17, 15) is 14.9 Å². The Morgan fingerprint density at radius 1 is 1.00 bits per heavy atom. The van der Waals surface area contributed by atoms with Crippen LogP contribution in [0, 0.1) is 16.0 Å². The average Bonchev–Trinajstić information content (AvgIpc) is 3.24. The Labute approximate surface area is 202 Å². The maximum absolute atomic E-state index is 13.5. The van der Waals surface area contributed by atoms with Crippen molar-refractivity contribution in [1.29, 1.82) is 0 Å². The van der Waals surface area contributed by atoms with Crippen molar-refractivity contribution in [2.75, 3.05) is 7.11 Å². The van der Waals surface area contributed by atoms with Gasteiger partial charge in [0, 0.05) is 28.6 Å². The third kappa shape index (κ3) is 4.52. The predicted octanol–water partition coefficient (Wildman–Crippen LogP) is 5.98. The first kappa shape index (κ1) is 23.4. The second-order valence-corrected chi connectivity index (χ2v) is 8.77. The number of nitro groups is 1. The SMILES string of the molecule is COc1ccc(C2=N[C@H](c3ccc(Cl)cc3)[C@H](c3ccc([N+](=O)[O-])cc3)N2C(=O)C(C)C)cc1. The van der Waals surface area contributed by atoms with E-state index in [1.165, 1.54) is 12.1 Å². The number of nitrogens with zero attached hydrogens (tertiary/aromatic N) is 3. The molecule has 4 rings (SSSR count). The van der Waals surface area contributed by atoms with Crippen molar-refractivity contribution in [3.05, 3.63) is 105 Å². The molecular formula is C26H24ClN3O4. The Hall–Kier alpha value is -3.71. The van der Waals surface area contributed by atoms with Gasteiger partial charge in [-0.2, -0.15) is 0 Å². The number of benzene rings is 3. The highest BCUT2D eigenvalue weighted by Crippen LogP contribution is 2.44. The highest BCUT2D eigenvalue weighted by atomic mass is 35.5. The molecule has 8 heteroatoms. The molecule has 0 N–H and O–H groups in total. The summed E-state index contributed by atoms with van der Waals surface area (Å²) in [5, 5.41) is 11.8. The lowest BCUT2D eigenvalue weighted by atomic mass is 9.92. The van der Waals surface area contributed by atoms with Crippen LogP contribution >= 0.6 is 11.6 Å². The first-order chi connectivity index (χ1) is 16.3. The lowest BCUT2D eigenvalue weighted by Gasteiger charge is -2.31. The van der Waals surface area contributed by atoms with Crippen molar-refractivity contribution >= 4 is 29.0 Å². The molecule has 0 aromatic heterocycles. The summed E-state index contributed by atoms with van der Waals surface area (Å²) in [5.41, 5.74) is 2.41. The number of methoxy groups -OCH3 is 1. The molecule has 1 aliphatic rings. The largest absolute Gasteiger partial charge is 0.497 e. The summed E-state index contributed by atoms with van der Waals surface area (Å²) in [6.07, 6.45) is 0. The highest BCUT2D eigenvalue weighted by molar-refractivity contribution is 6.30. The standard InChI is InChI=1S/C26H24ClN3O4/c1-16(2)26(31)29-24(18-6-12-21(13-7-18)30(32)33)23(17-4-10-20(27)11-5-17)28-25(29)19-8-14-22(34-3)15-9-19/h4-16,23-24H,1-3H3/t23-,24+/m1/s1. The summed E-state index contributed by atoms with van der Waals surface area (Å²) < 4.78 is 5.28. The van der Waals surface area contributed by atoms with Crippen LogP contribution in [0.1, 0.15) is 42.6 Å². The Morgan fingerprint density at radius 3 is 2.12 bits per heavy atom. The number of amidine groups is 1. The number of ether oxygens (including phenoxy) is 1. The first-order valence-corrected chi connectivity index (χ1v) is 11.2. The molecule has 1 heterocycles. The van der Waals surface area contributed by atoms with Crippen LogP contribution in [0.15, 0.2) is 77.8 Å². The summed E-state index contributed by atoms with van der Waals surface area (Å²) in [4.78, 5) is 31.0. The van der Waals surface area contributed by atoms with E-state index in [2.05, 4.69) is 0 Å². The van der Waals surface area contributed by atoms with Crippen molar-refractivity contribution in [2.24, 2.45) is 10.9 Å². The smallest absolute Gasteiger partial charge is 0.269 e. The van der Waals surface area contributed by atoms with E-state index in [-0.39, 0.29) is 17.5 Å². The van der Waals surface area contributed by atoms with Crippen molar-refractivity contribution < 1.29 is 14.5 Å². The van der Waals surface area contributed by atoms with Gasteiger partial charge in [0.1, 0.15) is 17.6 Å². The number of hydrogen-bond acceptors (Lipinski definition) is 5. The van der Waals surface area contributed by atoms with E-state index in [1.54, 1.807) is 36.3 Å². The van der Waals surface area contributed by atoms with Crippen LogP contribution in [0.5, 0.6) is 5.75 Å². The molecule has 0 aliphatic carbocycles. The van der Waals surface area contributed by atoms with Crippen molar-refractivity contribution in [3.63, 3.8) is 0 Å². The van der Waals surface area contributed by atoms with E-state index in [0.29, 0.717) is 16.6 Å². The molecule has 0 unspecified atom stereocenters. The zero-order valence-electron chi connectivity index (χ0n) is 19.0. The van der Waals surface area contributed by atoms with E-state index in [1.807, 2.05) is 50.2 Å². The van der Waals surface area contributed by atoms with Gasteiger partial charge in [0.05, 0.1) is 18.1 Å². The molecule has 0 radical (unpaired) electrons. The number of carbonyl (C=O) groups excluding carboxylic acids is 1. The number of nitro benzene ring substituents is 1. The second-order valence-electron chi connectivity index (χ2n) is 8.33. The van der Waals surface area contributed by atoms with Crippen LogP contribution in [-0.2, 0) is 4.79 Å². The molecule has 0 bridgehead atoms. The number of aliphatic imine (C=N–C) groups is 1. The molecule has 3 aromatic carbocycles. The lowest BCUT2D eigenvalue weighted by molar-refractivity contribution is -0.384. The monoisotopic (exact) mass is 477 g/mol. The summed E-state index contributed by atoms with van der Waals surface area (Å²) in [7, 11) is 1.60. The summed E-state index contributed by atoms with van der Waals surface area (Å²) in [5.74, 6) is 0.872. The number of non-ortho nitro benzene ring substituents is 1. The number of hydrogen-bond donors (Lipinski definition) is 0. The minimum absolute atomic E-state index is 0.0113. The van der Waals surface area contributed by atoms with Gasteiger partial charge >= 0.3 is 0 Å². The Kier molecular flexibility index (Phi) is 6.65. The van der Waals surface area contributed by atoms with Crippen LogP contribution in [0.4, 0.5) is 5.69 Å². The van der Waals surface area contributed by atoms with Gasteiger partial charge in [-0.15, -0.1) is 0 Å². The predicted molar refractivity (Wildman–Crippen MR) is 131 cm³/mol. The van der Waals surface area contributed by atoms with Gasteiger partial charge in [-0.25, -0.2) is 0 Å². The topological polar surface area (TPSA) is 85.0 Å².